The number of nitrogen functional groups attached to an aromatic ring is 1. The minimum Gasteiger partial charge on any atom is -0.398 e. The van der Waals surface area contributed by atoms with Crippen molar-refractivity contribution in [3.05, 3.63) is 35.3 Å². The summed E-state index contributed by atoms with van der Waals surface area (Å²) in [6.07, 6.45) is 0. The molecule has 0 aliphatic carbocycles. The van der Waals surface area contributed by atoms with Crippen molar-refractivity contribution in [3.8, 4) is 0 Å². The number of anilines is 2. The molecule has 0 unspecified atom stereocenters. The normalized spacial score (nSPS) is 11.4. The number of thiazole rings is 1. The first-order chi connectivity index (χ1) is 9.86. The third-order valence-electron chi connectivity index (χ3n) is 2.80. The van der Waals surface area contributed by atoms with Crippen LogP contribution in [0.15, 0.2) is 34.5 Å². The SMILES string of the molecule is CC(C)(C)c1csc(NC(=O)CSc2ccccc2N)n1. The maximum atomic E-state index is 11.9. The standard InChI is InChI=1S/C15H19N3OS2/c1-15(2,3)12-8-21-14(17-12)18-13(19)9-20-11-7-5-4-6-10(11)16/h4-8H,9,16H2,1-3H3,(H,17,18,19). The Morgan fingerprint density at radius 2 is 2.10 bits per heavy atom. The molecule has 0 spiro atoms. The van der Waals surface area contributed by atoms with Crippen LogP contribution in [0.5, 0.6) is 0 Å². The summed E-state index contributed by atoms with van der Waals surface area (Å²) in [7, 11) is 0. The topological polar surface area (TPSA) is 68.0 Å². The Hall–Kier alpha value is -1.53. The van der Waals surface area contributed by atoms with Crippen molar-refractivity contribution < 1.29 is 4.79 Å². The van der Waals surface area contributed by atoms with E-state index in [1.54, 1.807) is 0 Å². The molecule has 2 rings (SSSR count). The van der Waals surface area contributed by atoms with E-state index in [2.05, 4.69) is 31.1 Å². The van der Waals surface area contributed by atoms with Gasteiger partial charge in [0, 0.05) is 21.4 Å². The van der Waals surface area contributed by atoms with E-state index in [0.717, 1.165) is 10.6 Å². The summed E-state index contributed by atoms with van der Waals surface area (Å²) in [6, 6.07) is 7.53. The van der Waals surface area contributed by atoms with E-state index >= 15 is 0 Å². The van der Waals surface area contributed by atoms with Crippen molar-refractivity contribution in [2.45, 2.75) is 31.1 Å². The molecule has 0 radical (unpaired) electrons. The average molecular weight is 321 g/mol. The van der Waals surface area contributed by atoms with Gasteiger partial charge in [-0.3, -0.25) is 4.79 Å². The van der Waals surface area contributed by atoms with Crippen molar-refractivity contribution in [1.82, 2.24) is 4.98 Å². The van der Waals surface area contributed by atoms with Crippen LogP contribution in [-0.2, 0) is 10.2 Å². The van der Waals surface area contributed by atoms with Crippen molar-refractivity contribution in [2.75, 3.05) is 16.8 Å². The summed E-state index contributed by atoms with van der Waals surface area (Å²) in [5, 5.41) is 5.46. The predicted octanol–water partition coefficient (Wildman–Crippen LogP) is 3.75. The van der Waals surface area contributed by atoms with Crippen LogP contribution in [0.2, 0.25) is 0 Å². The molecule has 2 aromatic rings. The van der Waals surface area contributed by atoms with Crippen LogP contribution in [0.3, 0.4) is 0 Å². The molecule has 0 saturated heterocycles. The molecule has 0 atom stereocenters. The van der Waals surface area contributed by atoms with Crippen LogP contribution in [0.25, 0.3) is 0 Å². The van der Waals surface area contributed by atoms with Crippen LogP contribution in [0, 0.1) is 0 Å². The highest BCUT2D eigenvalue weighted by molar-refractivity contribution is 8.00. The summed E-state index contributed by atoms with van der Waals surface area (Å²) in [5.74, 6) is 0.247. The summed E-state index contributed by atoms with van der Waals surface area (Å²) >= 11 is 2.88. The van der Waals surface area contributed by atoms with Crippen molar-refractivity contribution in [3.63, 3.8) is 0 Å². The second kappa shape index (κ2) is 6.49. The Balaban J connectivity index is 1.90. The number of benzene rings is 1. The van der Waals surface area contributed by atoms with Gasteiger partial charge in [-0.25, -0.2) is 4.98 Å². The molecule has 0 aliphatic heterocycles. The van der Waals surface area contributed by atoms with Crippen LogP contribution >= 0.6 is 23.1 Å². The van der Waals surface area contributed by atoms with Gasteiger partial charge in [0.05, 0.1) is 11.4 Å². The predicted molar refractivity (Wildman–Crippen MR) is 91.0 cm³/mol. The Kier molecular flexibility index (Phi) is 4.90. The lowest BCUT2D eigenvalue weighted by Crippen LogP contribution is -2.15. The molecule has 112 valence electrons. The molecule has 1 aromatic heterocycles. The minimum absolute atomic E-state index is 0.00723. The Labute approximate surface area is 133 Å². The Bertz CT molecular complexity index is 632. The summed E-state index contributed by atoms with van der Waals surface area (Å²) in [5.41, 5.74) is 7.52. The Morgan fingerprint density at radius 3 is 2.71 bits per heavy atom. The van der Waals surface area contributed by atoms with Crippen LogP contribution in [0.4, 0.5) is 10.8 Å². The maximum Gasteiger partial charge on any atom is 0.236 e. The summed E-state index contributed by atoms with van der Waals surface area (Å²) in [4.78, 5) is 17.3. The molecule has 0 saturated carbocycles. The lowest BCUT2D eigenvalue weighted by molar-refractivity contribution is -0.113. The maximum absolute atomic E-state index is 11.9. The number of aromatic nitrogens is 1. The third-order valence-corrected chi connectivity index (χ3v) is 4.64. The van der Waals surface area contributed by atoms with Gasteiger partial charge in [0.1, 0.15) is 0 Å². The molecule has 3 N–H and O–H groups in total. The molecule has 0 fully saturated rings. The molecule has 1 amide bonds. The van der Waals surface area contributed by atoms with E-state index in [-0.39, 0.29) is 11.3 Å². The first kappa shape index (κ1) is 15.9. The zero-order valence-corrected chi connectivity index (χ0v) is 14.0. The molecule has 1 heterocycles. The number of hydrogen-bond donors (Lipinski definition) is 2. The minimum atomic E-state index is -0.0712. The zero-order valence-electron chi connectivity index (χ0n) is 12.3. The van der Waals surface area contributed by atoms with Gasteiger partial charge in [-0.05, 0) is 12.1 Å². The van der Waals surface area contributed by atoms with Gasteiger partial charge < -0.3 is 11.1 Å². The highest BCUT2D eigenvalue weighted by atomic mass is 32.2. The van der Waals surface area contributed by atoms with Crippen LogP contribution < -0.4 is 11.1 Å². The second-order valence-corrected chi connectivity index (χ2v) is 7.54. The molecular formula is C15H19N3OS2. The molecule has 6 heteroatoms. The number of rotatable bonds is 4. The number of carbonyl (C=O) groups is 1. The van der Waals surface area contributed by atoms with E-state index in [4.69, 9.17) is 5.73 Å². The molecule has 0 aliphatic rings. The monoisotopic (exact) mass is 321 g/mol. The van der Waals surface area contributed by atoms with Gasteiger partial charge in [-0.1, -0.05) is 32.9 Å². The number of thioether (sulfide) groups is 1. The van der Waals surface area contributed by atoms with Crippen molar-refractivity contribution in [2.24, 2.45) is 0 Å². The van der Waals surface area contributed by atoms with E-state index in [9.17, 15) is 4.79 Å². The highest BCUT2D eigenvalue weighted by Gasteiger charge is 2.18. The number of amides is 1. The number of nitrogens with one attached hydrogen (secondary N) is 1. The van der Waals surface area contributed by atoms with Gasteiger partial charge in [0.15, 0.2) is 5.13 Å². The van der Waals surface area contributed by atoms with Gasteiger partial charge in [0.2, 0.25) is 5.91 Å². The summed E-state index contributed by atoms with van der Waals surface area (Å²) < 4.78 is 0. The second-order valence-electron chi connectivity index (χ2n) is 5.66. The van der Waals surface area contributed by atoms with E-state index in [1.807, 2.05) is 29.6 Å². The van der Waals surface area contributed by atoms with E-state index in [0.29, 0.717) is 16.6 Å². The molecular weight excluding hydrogens is 302 g/mol. The van der Waals surface area contributed by atoms with E-state index in [1.165, 1.54) is 23.1 Å². The van der Waals surface area contributed by atoms with Crippen LogP contribution in [0.1, 0.15) is 26.5 Å². The molecule has 1 aromatic carbocycles. The fraction of sp³-hybridized carbons (Fsp3) is 0.333. The van der Waals surface area contributed by atoms with Gasteiger partial charge in [0.25, 0.3) is 0 Å². The van der Waals surface area contributed by atoms with Crippen molar-refractivity contribution >= 4 is 39.8 Å². The number of carbonyl (C=O) groups excluding carboxylic acids is 1. The zero-order chi connectivity index (χ0) is 15.5. The van der Waals surface area contributed by atoms with Gasteiger partial charge in [-0.15, -0.1) is 23.1 Å². The van der Waals surface area contributed by atoms with Crippen molar-refractivity contribution in [1.29, 1.82) is 0 Å². The quantitative estimate of drug-likeness (QED) is 0.665. The molecule has 4 nitrogen and oxygen atoms in total. The van der Waals surface area contributed by atoms with Gasteiger partial charge in [-0.2, -0.15) is 0 Å². The van der Waals surface area contributed by atoms with Gasteiger partial charge >= 0.3 is 0 Å². The first-order valence-electron chi connectivity index (χ1n) is 6.59. The van der Waals surface area contributed by atoms with Crippen LogP contribution in [-0.4, -0.2) is 16.6 Å². The number of nitrogens with two attached hydrogens (primary N) is 1. The Morgan fingerprint density at radius 1 is 1.38 bits per heavy atom. The fourth-order valence-electron chi connectivity index (χ4n) is 1.59. The molecule has 21 heavy (non-hydrogen) atoms. The molecule has 0 bridgehead atoms. The lowest BCUT2D eigenvalue weighted by atomic mass is 9.93. The first-order valence-corrected chi connectivity index (χ1v) is 8.46. The largest absolute Gasteiger partial charge is 0.398 e. The smallest absolute Gasteiger partial charge is 0.236 e. The number of hydrogen-bond acceptors (Lipinski definition) is 5. The fourth-order valence-corrected chi connectivity index (χ4v) is 3.31. The average Bonchev–Trinajstić information content (AvgIpc) is 2.86. The number of nitrogens with zero attached hydrogens (tertiary/aromatic N) is 1. The highest BCUT2D eigenvalue weighted by Crippen LogP contribution is 2.27. The summed E-state index contributed by atoms with van der Waals surface area (Å²) in [6.45, 7) is 6.30. The lowest BCUT2D eigenvalue weighted by Gasteiger charge is -2.14. The number of para-hydroxylation sites is 1. The third kappa shape index (κ3) is 4.47. The van der Waals surface area contributed by atoms with E-state index < -0.39 is 0 Å².